The van der Waals surface area contributed by atoms with Crippen LogP contribution >= 0.6 is 12.4 Å². The van der Waals surface area contributed by atoms with Crippen LogP contribution in [0.1, 0.15) is 110 Å². The molecule has 172 valence electrons. The van der Waals surface area contributed by atoms with Crippen molar-refractivity contribution in [3.63, 3.8) is 0 Å². The van der Waals surface area contributed by atoms with Crippen LogP contribution in [0.2, 0.25) is 0 Å². The smallest absolute Gasteiger partial charge is 0.179 e. The van der Waals surface area contributed by atoms with Crippen LogP contribution in [0.3, 0.4) is 0 Å². The van der Waals surface area contributed by atoms with Crippen molar-refractivity contribution < 1.29 is 15.3 Å². The highest BCUT2D eigenvalue weighted by Crippen LogP contribution is 2.13. The molecule has 0 bridgehead atoms. The Morgan fingerprint density at radius 3 is 1.36 bits per heavy atom. The second kappa shape index (κ2) is 25.1. The summed E-state index contributed by atoms with van der Waals surface area (Å²) in [6.07, 6.45) is 19.3. The van der Waals surface area contributed by atoms with E-state index in [0.29, 0.717) is 6.67 Å². The molecule has 0 aromatic rings. The molecule has 1 atom stereocenters. The number of aliphatic hydroxyl groups is 3. The van der Waals surface area contributed by atoms with Gasteiger partial charge in [-0.1, -0.05) is 103 Å². The van der Waals surface area contributed by atoms with Crippen LogP contribution in [-0.4, -0.2) is 47.5 Å². The molecule has 0 rings (SSSR count). The third-order valence-electron chi connectivity index (χ3n) is 5.15. The summed E-state index contributed by atoms with van der Waals surface area (Å²) in [7, 11) is 0. The second-order valence-corrected chi connectivity index (χ2v) is 7.92. The molecule has 1 unspecified atom stereocenters. The van der Waals surface area contributed by atoms with Crippen LogP contribution in [-0.2, 0) is 0 Å². The Bertz CT molecular complexity index is 285. The maximum absolute atomic E-state index is 9.19. The van der Waals surface area contributed by atoms with E-state index in [-0.39, 0.29) is 19.0 Å². The minimum atomic E-state index is -1.67. The zero-order valence-corrected chi connectivity index (χ0v) is 19.2. The van der Waals surface area contributed by atoms with Crippen molar-refractivity contribution in [3.05, 3.63) is 0 Å². The van der Waals surface area contributed by atoms with E-state index in [0.717, 1.165) is 6.54 Å². The molecule has 6 heteroatoms. The first-order valence-electron chi connectivity index (χ1n) is 11.6. The van der Waals surface area contributed by atoms with Crippen molar-refractivity contribution in [1.82, 2.24) is 10.6 Å². The van der Waals surface area contributed by atoms with Gasteiger partial charge >= 0.3 is 0 Å². The summed E-state index contributed by atoms with van der Waals surface area (Å²) >= 11 is 0. The minimum Gasteiger partial charge on any atom is -0.387 e. The molecule has 0 aromatic heterocycles. The molecular weight excluding hydrogens is 376 g/mol. The van der Waals surface area contributed by atoms with Crippen LogP contribution < -0.4 is 10.6 Å². The predicted molar refractivity (Wildman–Crippen MR) is 122 cm³/mol. The minimum absolute atomic E-state index is 0. The lowest BCUT2D eigenvalue weighted by molar-refractivity contribution is -0.120. The molecular formula is C22H49ClN2O3. The van der Waals surface area contributed by atoms with Crippen LogP contribution in [0.5, 0.6) is 0 Å². The average molecular weight is 425 g/mol. The molecule has 0 saturated carbocycles. The predicted octanol–water partition coefficient (Wildman–Crippen LogP) is 4.48. The van der Waals surface area contributed by atoms with Crippen molar-refractivity contribution in [2.45, 2.75) is 122 Å². The second-order valence-electron chi connectivity index (χ2n) is 7.92. The fourth-order valence-corrected chi connectivity index (χ4v) is 3.30. The van der Waals surface area contributed by atoms with Gasteiger partial charge in [0.05, 0.1) is 0 Å². The van der Waals surface area contributed by atoms with Gasteiger partial charge < -0.3 is 26.0 Å². The van der Waals surface area contributed by atoms with E-state index in [1.807, 2.05) is 0 Å². The maximum atomic E-state index is 9.19. The number of unbranched alkanes of at least 4 members (excludes halogenated alkanes) is 15. The van der Waals surface area contributed by atoms with Crippen molar-refractivity contribution in [3.8, 4) is 0 Å². The van der Waals surface area contributed by atoms with Gasteiger partial charge in [-0.3, -0.25) is 0 Å². The fourth-order valence-electron chi connectivity index (χ4n) is 3.30. The first-order chi connectivity index (χ1) is 13.2. The van der Waals surface area contributed by atoms with Crippen LogP contribution in [0.15, 0.2) is 0 Å². The fraction of sp³-hybridized carbons (Fsp3) is 1.00. The Morgan fingerprint density at radius 2 is 0.964 bits per heavy atom. The third-order valence-corrected chi connectivity index (χ3v) is 5.15. The largest absolute Gasteiger partial charge is 0.387 e. The van der Waals surface area contributed by atoms with Crippen molar-refractivity contribution in [2.24, 2.45) is 0 Å². The van der Waals surface area contributed by atoms with Crippen molar-refractivity contribution >= 4 is 12.4 Å². The first-order valence-corrected chi connectivity index (χ1v) is 11.6. The monoisotopic (exact) mass is 424 g/mol. The molecule has 0 amide bonds. The van der Waals surface area contributed by atoms with Gasteiger partial charge in [0.2, 0.25) is 0 Å². The van der Waals surface area contributed by atoms with Crippen LogP contribution in [0, 0.1) is 0 Å². The number of aliphatic hydroxyl groups excluding tert-OH is 2. The molecule has 0 aromatic carbocycles. The van der Waals surface area contributed by atoms with Gasteiger partial charge in [0, 0.05) is 13.2 Å². The molecule has 28 heavy (non-hydrogen) atoms. The molecule has 5 N–H and O–H groups in total. The van der Waals surface area contributed by atoms with E-state index in [4.69, 9.17) is 10.2 Å². The van der Waals surface area contributed by atoms with Gasteiger partial charge in [0.15, 0.2) is 6.29 Å². The number of hydrogen-bond acceptors (Lipinski definition) is 5. The lowest BCUT2D eigenvalue weighted by atomic mass is 10.0. The molecule has 0 radical (unpaired) electrons. The van der Waals surface area contributed by atoms with Crippen molar-refractivity contribution in [1.29, 1.82) is 0 Å². The summed E-state index contributed by atoms with van der Waals surface area (Å²) in [5, 5.41) is 32.8. The van der Waals surface area contributed by atoms with Crippen molar-refractivity contribution in [2.75, 3.05) is 19.8 Å². The van der Waals surface area contributed by atoms with Gasteiger partial charge in [0.1, 0.15) is 6.10 Å². The Kier molecular flexibility index (Phi) is 27.2. The molecule has 0 fully saturated rings. The highest BCUT2D eigenvalue weighted by molar-refractivity contribution is 5.85. The molecule has 5 nitrogen and oxygen atoms in total. The number of rotatable bonds is 22. The zero-order valence-electron chi connectivity index (χ0n) is 18.3. The molecule has 0 saturated heterocycles. The summed E-state index contributed by atoms with van der Waals surface area (Å²) in [4.78, 5) is 0. The zero-order chi connectivity index (χ0) is 20.0. The summed E-state index contributed by atoms with van der Waals surface area (Å²) < 4.78 is 0. The normalized spacial score (nSPS) is 12.3. The van der Waals surface area contributed by atoms with Gasteiger partial charge in [-0.2, -0.15) is 0 Å². The quantitative estimate of drug-likeness (QED) is 0.131. The SMILES string of the molecule is CCCCCCCCCCCCCCCCCCNCNCC(O)C(O)O.Cl. The van der Waals surface area contributed by atoms with Gasteiger partial charge in [-0.05, 0) is 13.0 Å². The number of hydrogen-bond donors (Lipinski definition) is 5. The summed E-state index contributed by atoms with van der Waals surface area (Å²) in [5.41, 5.74) is 0. The molecule has 0 aliphatic heterocycles. The van der Waals surface area contributed by atoms with E-state index >= 15 is 0 Å². The van der Waals surface area contributed by atoms with E-state index in [2.05, 4.69) is 17.6 Å². The number of halogens is 1. The lowest BCUT2D eigenvalue weighted by Gasteiger charge is -2.13. The molecule has 0 aliphatic carbocycles. The molecule has 0 aliphatic rings. The van der Waals surface area contributed by atoms with E-state index in [1.54, 1.807) is 0 Å². The highest BCUT2D eigenvalue weighted by atomic mass is 35.5. The van der Waals surface area contributed by atoms with E-state index in [9.17, 15) is 5.11 Å². The average Bonchev–Trinajstić information content (AvgIpc) is 2.66. The van der Waals surface area contributed by atoms with Gasteiger partial charge in [0.25, 0.3) is 0 Å². The van der Waals surface area contributed by atoms with Crippen LogP contribution in [0.25, 0.3) is 0 Å². The summed E-state index contributed by atoms with van der Waals surface area (Å²) in [5.74, 6) is 0. The Hall–Kier alpha value is 0.0900. The highest BCUT2D eigenvalue weighted by Gasteiger charge is 2.10. The summed E-state index contributed by atoms with van der Waals surface area (Å²) in [6, 6.07) is 0. The molecule has 0 heterocycles. The Balaban J connectivity index is 0. The maximum Gasteiger partial charge on any atom is 0.179 e. The van der Waals surface area contributed by atoms with Crippen LogP contribution in [0.4, 0.5) is 0 Å². The number of nitrogens with one attached hydrogen (secondary N) is 2. The van der Waals surface area contributed by atoms with Gasteiger partial charge in [-0.15, -0.1) is 12.4 Å². The Labute approximate surface area is 180 Å². The Morgan fingerprint density at radius 1 is 0.571 bits per heavy atom. The third kappa shape index (κ3) is 24.1. The standard InChI is InChI=1S/C22H48N2O3.ClH/c1-2-3-4-5-6-7-8-9-10-11-12-13-14-15-16-17-18-23-20-24-19-21(25)22(26)27;/h21-27H,2-20H2,1H3;1H. The summed E-state index contributed by atoms with van der Waals surface area (Å²) in [6.45, 7) is 4.01. The first kappa shape index (κ1) is 30.3. The van der Waals surface area contributed by atoms with Gasteiger partial charge in [-0.25, -0.2) is 0 Å². The molecule has 0 spiro atoms. The van der Waals surface area contributed by atoms with E-state index in [1.165, 1.54) is 103 Å². The van der Waals surface area contributed by atoms with E-state index < -0.39 is 12.4 Å². The lowest BCUT2D eigenvalue weighted by Crippen LogP contribution is -2.40. The topological polar surface area (TPSA) is 84.8 Å².